The number of hydrogen-bond acceptors (Lipinski definition) is 3. The van der Waals surface area contributed by atoms with E-state index in [0.717, 1.165) is 19.1 Å². The summed E-state index contributed by atoms with van der Waals surface area (Å²) in [5, 5.41) is 3.67. The number of methoxy groups -OCH3 is 1. The largest absolute Gasteiger partial charge is 0.384 e. The number of nitrogens with zero attached hydrogens (tertiary/aromatic N) is 1. The lowest BCUT2D eigenvalue weighted by atomic mass is 9.93. The predicted octanol–water partition coefficient (Wildman–Crippen LogP) is 3.08. The van der Waals surface area contributed by atoms with Crippen LogP contribution < -0.4 is 5.32 Å². The van der Waals surface area contributed by atoms with Crippen LogP contribution in [-0.2, 0) is 4.74 Å². The summed E-state index contributed by atoms with van der Waals surface area (Å²) < 4.78 is 5.30. The Labute approximate surface area is 129 Å². The second kappa shape index (κ2) is 8.52. The van der Waals surface area contributed by atoms with Crippen molar-refractivity contribution in [3.8, 4) is 0 Å². The van der Waals surface area contributed by atoms with Gasteiger partial charge in [0.1, 0.15) is 0 Å². The molecule has 1 aliphatic heterocycles. The van der Waals surface area contributed by atoms with Gasteiger partial charge in [-0.1, -0.05) is 37.3 Å². The third-order valence-corrected chi connectivity index (χ3v) is 4.69. The highest BCUT2D eigenvalue weighted by molar-refractivity contribution is 5.20. The van der Waals surface area contributed by atoms with E-state index in [2.05, 4.69) is 54.4 Å². The SMILES string of the molecule is CCNC(c1ccccc1)C(C)N1CCC(COC)CC1. The van der Waals surface area contributed by atoms with E-state index in [0.29, 0.717) is 12.1 Å². The second-order valence-corrected chi connectivity index (χ2v) is 6.12. The van der Waals surface area contributed by atoms with Crippen LogP contribution in [0.2, 0.25) is 0 Å². The molecule has 1 heterocycles. The fourth-order valence-electron chi connectivity index (χ4n) is 3.42. The minimum atomic E-state index is 0.412. The Morgan fingerprint density at radius 2 is 1.90 bits per heavy atom. The molecule has 3 heteroatoms. The van der Waals surface area contributed by atoms with Gasteiger partial charge < -0.3 is 10.1 Å². The molecule has 2 unspecified atom stereocenters. The Hall–Kier alpha value is -0.900. The van der Waals surface area contributed by atoms with Crippen LogP contribution in [0.25, 0.3) is 0 Å². The maximum atomic E-state index is 5.30. The monoisotopic (exact) mass is 290 g/mol. The Bertz CT molecular complexity index is 387. The molecule has 2 atom stereocenters. The van der Waals surface area contributed by atoms with Crippen molar-refractivity contribution in [2.24, 2.45) is 5.92 Å². The summed E-state index contributed by atoms with van der Waals surface area (Å²) in [5.41, 5.74) is 1.39. The van der Waals surface area contributed by atoms with Gasteiger partial charge in [-0.25, -0.2) is 0 Å². The van der Waals surface area contributed by atoms with Crippen LogP contribution in [0.3, 0.4) is 0 Å². The fraction of sp³-hybridized carbons (Fsp3) is 0.667. The molecule has 2 rings (SSSR count). The van der Waals surface area contributed by atoms with Crippen LogP contribution in [0, 0.1) is 5.92 Å². The molecule has 0 saturated carbocycles. The van der Waals surface area contributed by atoms with E-state index < -0.39 is 0 Å². The van der Waals surface area contributed by atoms with Gasteiger partial charge >= 0.3 is 0 Å². The third kappa shape index (κ3) is 4.53. The van der Waals surface area contributed by atoms with E-state index >= 15 is 0 Å². The zero-order valence-electron chi connectivity index (χ0n) is 13.7. The number of likely N-dealkylation sites (N-methyl/N-ethyl adjacent to an activating group) is 1. The first-order chi connectivity index (χ1) is 10.3. The Morgan fingerprint density at radius 3 is 2.48 bits per heavy atom. The smallest absolute Gasteiger partial charge is 0.0491 e. The van der Waals surface area contributed by atoms with Crippen molar-refractivity contribution < 1.29 is 4.74 Å². The molecular formula is C18H30N2O. The minimum absolute atomic E-state index is 0.412. The van der Waals surface area contributed by atoms with Crippen molar-refractivity contribution in [2.75, 3.05) is 33.4 Å². The highest BCUT2D eigenvalue weighted by Crippen LogP contribution is 2.25. The molecule has 3 nitrogen and oxygen atoms in total. The number of hydrogen-bond donors (Lipinski definition) is 1. The molecule has 1 aromatic carbocycles. The van der Waals surface area contributed by atoms with Crippen molar-refractivity contribution in [1.82, 2.24) is 10.2 Å². The maximum Gasteiger partial charge on any atom is 0.0491 e. The maximum absolute atomic E-state index is 5.30. The van der Waals surface area contributed by atoms with Gasteiger partial charge in [0.05, 0.1) is 0 Å². The summed E-state index contributed by atoms with van der Waals surface area (Å²) in [4.78, 5) is 2.63. The van der Waals surface area contributed by atoms with Crippen LogP contribution >= 0.6 is 0 Å². The van der Waals surface area contributed by atoms with Gasteiger partial charge in [-0.2, -0.15) is 0 Å². The molecule has 1 aromatic rings. The summed E-state index contributed by atoms with van der Waals surface area (Å²) >= 11 is 0. The molecule has 0 aromatic heterocycles. The number of piperidine rings is 1. The molecule has 1 aliphatic rings. The lowest BCUT2D eigenvalue weighted by molar-refractivity contribution is 0.0731. The second-order valence-electron chi connectivity index (χ2n) is 6.12. The highest BCUT2D eigenvalue weighted by Gasteiger charge is 2.28. The van der Waals surface area contributed by atoms with Gasteiger partial charge in [0.2, 0.25) is 0 Å². The molecule has 1 N–H and O–H groups in total. The molecular weight excluding hydrogens is 260 g/mol. The molecule has 0 spiro atoms. The Morgan fingerprint density at radius 1 is 1.24 bits per heavy atom. The summed E-state index contributed by atoms with van der Waals surface area (Å²) in [5.74, 6) is 0.743. The van der Waals surface area contributed by atoms with E-state index in [-0.39, 0.29) is 0 Å². The van der Waals surface area contributed by atoms with Crippen molar-refractivity contribution in [3.05, 3.63) is 35.9 Å². The molecule has 118 valence electrons. The lowest BCUT2D eigenvalue weighted by Crippen LogP contribution is -2.47. The van der Waals surface area contributed by atoms with E-state index in [4.69, 9.17) is 4.74 Å². The molecule has 1 fully saturated rings. The Kier molecular flexibility index (Phi) is 6.68. The molecule has 0 aliphatic carbocycles. The van der Waals surface area contributed by atoms with E-state index in [1.165, 1.54) is 31.5 Å². The van der Waals surface area contributed by atoms with E-state index in [1.807, 2.05) is 7.11 Å². The topological polar surface area (TPSA) is 24.5 Å². The summed E-state index contributed by atoms with van der Waals surface area (Å²) in [6.45, 7) is 8.83. The molecule has 21 heavy (non-hydrogen) atoms. The molecule has 0 bridgehead atoms. The zero-order chi connectivity index (χ0) is 15.1. The van der Waals surface area contributed by atoms with Crippen molar-refractivity contribution in [1.29, 1.82) is 0 Å². The summed E-state index contributed by atoms with van der Waals surface area (Å²) in [6, 6.07) is 11.8. The average Bonchev–Trinajstić information content (AvgIpc) is 2.54. The number of benzene rings is 1. The zero-order valence-corrected chi connectivity index (χ0v) is 13.7. The van der Waals surface area contributed by atoms with Gasteiger partial charge in [-0.15, -0.1) is 0 Å². The fourth-order valence-corrected chi connectivity index (χ4v) is 3.42. The van der Waals surface area contributed by atoms with Gasteiger partial charge in [-0.3, -0.25) is 4.90 Å². The molecule has 1 saturated heterocycles. The van der Waals surface area contributed by atoms with Gasteiger partial charge in [-0.05, 0) is 50.9 Å². The first-order valence-electron chi connectivity index (χ1n) is 8.27. The Balaban J connectivity index is 1.98. The van der Waals surface area contributed by atoms with Crippen LogP contribution in [-0.4, -0.2) is 44.3 Å². The first kappa shape index (κ1) is 16.5. The van der Waals surface area contributed by atoms with Crippen molar-refractivity contribution >= 4 is 0 Å². The number of likely N-dealkylation sites (tertiary alicyclic amines) is 1. The first-order valence-corrected chi connectivity index (χ1v) is 8.27. The third-order valence-electron chi connectivity index (χ3n) is 4.69. The van der Waals surface area contributed by atoms with Crippen molar-refractivity contribution in [3.63, 3.8) is 0 Å². The molecule has 0 radical (unpaired) electrons. The lowest BCUT2D eigenvalue weighted by Gasteiger charge is -2.39. The van der Waals surface area contributed by atoms with E-state index in [9.17, 15) is 0 Å². The normalized spacial score (nSPS) is 20.3. The summed E-state index contributed by atoms with van der Waals surface area (Å²) in [6.07, 6.45) is 2.51. The number of rotatable bonds is 7. The predicted molar refractivity (Wildman–Crippen MR) is 88.5 cm³/mol. The quantitative estimate of drug-likeness (QED) is 0.835. The van der Waals surface area contributed by atoms with Crippen LogP contribution in [0.15, 0.2) is 30.3 Å². The average molecular weight is 290 g/mol. The van der Waals surface area contributed by atoms with Gasteiger partial charge in [0, 0.05) is 25.8 Å². The molecule has 0 amide bonds. The van der Waals surface area contributed by atoms with Gasteiger partial charge in [0.15, 0.2) is 0 Å². The van der Waals surface area contributed by atoms with E-state index in [1.54, 1.807) is 0 Å². The van der Waals surface area contributed by atoms with Crippen LogP contribution in [0.1, 0.15) is 38.3 Å². The van der Waals surface area contributed by atoms with Crippen molar-refractivity contribution in [2.45, 2.75) is 38.8 Å². The standard InChI is InChI=1S/C18H30N2O/c1-4-19-18(17-8-6-5-7-9-17)15(2)20-12-10-16(11-13-20)14-21-3/h5-9,15-16,18-19H,4,10-14H2,1-3H3. The highest BCUT2D eigenvalue weighted by atomic mass is 16.5. The number of ether oxygens (including phenoxy) is 1. The van der Waals surface area contributed by atoms with Crippen LogP contribution in [0.4, 0.5) is 0 Å². The summed E-state index contributed by atoms with van der Waals surface area (Å²) in [7, 11) is 1.81. The number of nitrogens with one attached hydrogen (secondary N) is 1. The minimum Gasteiger partial charge on any atom is -0.384 e. The van der Waals surface area contributed by atoms with Gasteiger partial charge in [0.25, 0.3) is 0 Å². The van der Waals surface area contributed by atoms with Crippen LogP contribution in [0.5, 0.6) is 0 Å².